The first-order valence-corrected chi connectivity index (χ1v) is 14.1. The zero-order valence-corrected chi connectivity index (χ0v) is 21.2. The van der Waals surface area contributed by atoms with Gasteiger partial charge in [-0.3, -0.25) is 18.1 Å². The lowest BCUT2D eigenvalue weighted by atomic mass is 9.83. The van der Waals surface area contributed by atoms with Crippen molar-refractivity contribution in [2.75, 3.05) is 19.8 Å². The average molecular weight is 502 g/mol. The van der Waals surface area contributed by atoms with Crippen molar-refractivity contribution in [1.29, 1.82) is 0 Å². The van der Waals surface area contributed by atoms with Crippen molar-refractivity contribution in [2.45, 2.75) is 39.6 Å². The standard InChI is InChI=1S/C22H30ClNO6P2/c1-5-27-32(26,28-6-2)24-21(18-10-8-7-9-11-18)31(25)29-16-22(3,4)20(30-31)17-12-14-19(23)15-13-17/h7-15,20-21H,5-6,16H2,1-4H3,(H,24,26). The molecule has 0 aliphatic carbocycles. The minimum Gasteiger partial charge on any atom is -0.307 e. The van der Waals surface area contributed by atoms with Crippen molar-refractivity contribution >= 4 is 26.9 Å². The molecule has 0 amide bonds. The van der Waals surface area contributed by atoms with Gasteiger partial charge in [0.2, 0.25) is 0 Å². The Kier molecular flexibility index (Phi) is 8.40. The monoisotopic (exact) mass is 501 g/mol. The van der Waals surface area contributed by atoms with Gasteiger partial charge in [0.15, 0.2) is 0 Å². The van der Waals surface area contributed by atoms with E-state index in [1.165, 1.54) is 0 Å². The SMILES string of the molecule is CCOP(=O)(NC(c1ccccc1)P1(=O)OCC(C)(C)C(c2ccc(Cl)cc2)O1)OCC. The summed E-state index contributed by atoms with van der Waals surface area (Å²) < 4.78 is 50.4. The summed E-state index contributed by atoms with van der Waals surface area (Å²) in [6.45, 7) is 7.85. The zero-order chi connectivity index (χ0) is 23.4. The summed E-state index contributed by atoms with van der Waals surface area (Å²) in [5.74, 6) is -1.06. The lowest BCUT2D eigenvalue weighted by Gasteiger charge is -2.44. The molecule has 1 saturated heterocycles. The fourth-order valence-electron chi connectivity index (χ4n) is 3.50. The van der Waals surface area contributed by atoms with Gasteiger partial charge in [0, 0.05) is 10.4 Å². The fourth-order valence-corrected chi connectivity index (χ4v) is 8.05. The molecule has 176 valence electrons. The molecule has 32 heavy (non-hydrogen) atoms. The van der Waals surface area contributed by atoms with Gasteiger partial charge in [0.1, 0.15) is 5.78 Å². The molecule has 0 radical (unpaired) electrons. The molecular formula is C22H30ClNO6P2. The van der Waals surface area contributed by atoms with Gasteiger partial charge in [0.05, 0.1) is 25.9 Å². The Labute approximate surface area is 194 Å². The molecule has 0 saturated carbocycles. The van der Waals surface area contributed by atoms with E-state index in [-0.39, 0.29) is 19.8 Å². The predicted octanol–water partition coefficient (Wildman–Crippen LogP) is 7.12. The van der Waals surface area contributed by atoms with Crippen LogP contribution >= 0.6 is 26.9 Å². The number of rotatable bonds is 9. The lowest BCUT2D eigenvalue weighted by Crippen LogP contribution is -2.36. The lowest BCUT2D eigenvalue weighted by molar-refractivity contribution is -0.0301. The van der Waals surface area contributed by atoms with Gasteiger partial charge in [-0.25, -0.2) is 9.65 Å². The molecule has 0 aromatic heterocycles. The molecular weight excluding hydrogens is 472 g/mol. The van der Waals surface area contributed by atoms with Crippen LogP contribution in [0.2, 0.25) is 5.02 Å². The van der Waals surface area contributed by atoms with E-state index >= 15 is 0 Å². The Morgan fingerprint density at radius 1 is 1.12 bits per heavy atom. The van der Waals surface area contributed by atoms with Gasteiger partial charge in [-0.2, -0.15) is 0 Å². The van der Waals surface area contributed by atoms with Gasteiger partial charge in [0.25, 0.3) is 0 Å². The summed E-state index contributed by atoms with van der Waals surface area (Å²) in [6, 6.07) is 16.2. The first-order valence-electron chi connectivity index (χ1n) is 10.5. The Balaban J connectivity index is 2.02. The van der Waals surface area contributed by atoms with Crippen molar-refractivity contribution in [3.63, 3.8) is 0 Å². The molecule has 1 aliphatic rings. The smallest absolute Gasteiger partial charge is 0.307 e. The van der Waals surface area contributed by atoms with E-state index in [2.05, 4.69) is 5.09 Å². The molecule has 10 heteroatoms. The summed E-state index contributed by atoms with van der Waals surface area (Å²) in [5, 5.41) is 3.44. The molecule has 3 atom stereocenters. The van der Waals surface area contributed by atoms with E-state index in [9.17, 15) is 9.13 Å². The third-order valence-electron chi connectivity index (χ3n) is 5.06. The van der Waals surface area contributed by atoms with Gasteiger partial charge in [-0.15, -0.1) is 0 Å². The van der Waals surface area contributed by atoms with Crippen LogP contribution in [-0.4, -0.2) is 19.8 Å². The Hall–Kier alpha value is -1.01. The van der Waals surface area contributed by atoms with Gasteiger partial charge in [-0.1, -0.05) is 67.9 Å². The van der Waals surface area contributed by atoms with E-state index in [4.69, 9.17) is 29.7 Å². The summed E-state index contributed by atoms with van der Waals surface area (Å²) >= 11 is 6.05. The highest BCUT2D eigenvalue weighted by atomic mass is 35.5. The van der Waals surface area contributed by atoms with Crippen LogP contribution in [0.15, 0.2) is 54.6 Å². The molecule has 0 spiro atoms. The van der Waals surface area contributed by atoms with Gasteiger partial charge < -0.3 is 4.52 Å². The topological polar surface area (TPSA) is 83.1 Å². The third kappa shape index (κ3) is 5.91. The van der Waals surface area contributed by atoms with Crippen LogP contribution in [-0.2, 0) is 27.2 Å². The van der Waals surface area contributed by atoms with E-state index in [1.54, 1.807) is 50.2 Å². The Morgan fingerprint density at radius 2 is 1.72 bits per heavy atom. The number of halogens is 1. The van der Waals surface area contributed by atoms with Crippen LogP contribution in [0.25, 0.3) is 0 Å². The highest BCUT2D eigenvalue weighted by molar-refractivity contribution is 7.57. The molecule has 7 nitrogen and oxygen atoms in total. The van der Waals surface area contributed by atoms with E-state index in [0.717, 1.165) is 5.56 Å². The van der Waals surface area contributed by atoms with Crippen LogP contribution in [0.4, 0.5) is 0 Å². The number of hydrogen-bond donors (Lipinski definition) is 1. The second-order valence-electron chi connectivity index (χ2n) is 8.11. The first-order chi connectivity index (χ1) is 15.1. The molecule has 1 fully saturated rings. The van der Waals surface area contributed by atoms with Crippen LogP contribution in [0, 0.1) is 5.41 Å². The molecule has 1 heterocycles. The summed E-state index contributed by atoms with van der Waals surface area (Å²) in [4.78, 5) is 0. The quantitative estimate of drug-likeness (QED) is 0.366. The van der Waals surface area contributed by atoms with Crippen molar-refractivity contribution < 1.29 is 27.2 Å². The number of hydrogen-bond acceptors (Lipinski definition) is 6. The largest absolute Gasteiger partial charge is 0.406 e. The molecule has 2 aromatic carbocycles. The fraction of sp³-hybridized carbons (Fsp3) is 0.455. The predicted molar refractivity (Wildman–Crippen MR) is 126 cm³/mol. The molecule has 3 unspecified atom stereocenters. The van der Waals surface area contributed by atoms with E-state index in [0.29, 0.717) is 10.6 Å². The maximum Gasteiger partial charge on any atom is 0.406 e. The van der Waals surface area contributed by atoms with Crippen molar-refractivity contribution in [3.05, 3.63) is 70.7 Å². The maximum absolute atomic E-state index is 14.2. The van der Waals surface area contributed by atoms with E-state index < -0.39 is 32.6 Å². The summed E-state index contributed by atoms with van der Waals surface area (Å²) in [6.07, 6.45) is -0.536. The van der Waals surface area contributed by atoms with Crippen LogP contribution in [0.3, 0.4) is 0 Å². The van der Waals surface area contributed by atoms with Gasteiger partial charge >= 0.3 is 15.3 Å². The first kappa shape index (κ1) is 25.6. The highest BCUT2D eigenvalue weighted by Crippen LogP contribution is 2.69. The van der Waals surface area contributed by atoms with E-state index in [1.807, 2.05) is 32.0 Å². The van der Waals surface area contributed by atoms with Crippen LogP contribution in [0.1, 0.15) is 50.7 Å². The van der Waals surface area contributed by atoms with Crippen molar-refractivity contribution in [2.24, 2.45) is 5.41 Å². The minimum absolute atomic E-state index is 0.151. The summed E-state index contributed by atoms with van der Waals surface area (Å²) in [7, 11) is -7.66. The molecule has 0 bridgehead atoms. The molecule has 1 aliphatic heterocycles. The normalized spacial score (nSPS) is 24.2. The second-order valence-corrected chi connectivity index (χ2v) is 12.4. The number of nitrogens with one attached hydrogen (secondary N) is 1. The van der Waals surface area contributed by atoms with Crippen LogP contribution in [0.5, 0.6) is 0 Å². The zero-order valence-electron chi connectivity index (χ0n) is 18.7. The van der Waals surface area contributed by atoms with Crippen LogP contribution < -0.4 is 5.09 Å². The molecule has 3 rings (SSSR count). The number of benzene rings is 2. The van der Waals surface area contributed by atoms with Crippen molar-refractivity contribution in [3.8, 4) is 0 Å². The minimum atomic E-state index is -3.88. The maximum atomic E-state index is 14.2. The Bertz CT molecular complexity index is 976. The van der Waals surface area contributed by atoms with Gasteiger partial charge in [-0.05, 0) is 37.1 Å². The second kappa shape index (κ2) is 10.5. The third-order valence-corrected chi connectivity index (χ3v) is 9.34. The summed E-state index contributed by atoms with van der Waals surface area (Å²) in [5.41, 5.74) is 0.949. The highest BCUT2D eigenvalue weighted by Gasteiger charge is 2.51. The molecule has 2 aromatic rings. The average Bonchev–Trinajstić information content (AvgIpc) is 2.76. The Morgan fingerprint density at radius 3 is 2.28 bits per heavy atom. The van der Waals surface area contributed by atoms with Crippen molar-refractivity contribution in [1.82, 2.24) is 5.09 Å². The molecule has 1 N–H and O–H groups in total.